The highest BCUT2D eigenvalue weighted by atomic mass is 16.5. The van der Waals surface area contributed by atoms with Crippen molar-refractivity contribution in [2.75, 3.05) is 20.3 Å². The van der Waals surface area contributed by atoms with E-state index in [-0.39, 0.29) is 19.6 Å². The molecule has 0 atom stereocenters. The van der Waals surface area contributed by atoms with Crippen LogP contribution in [0.1, 0.15) is 23.4 Å². The van der Waals surface area contributed by atoms with Crippen LogP contribution in [0.2, 0.25) is 0 Å². The first kappa shape index (κ1) is 20.0. The highest BCUT2D eigenvalue weighted by Crippen LogP contribution is 2.22. The molecule has 0 fully saturated rings. The predicted octanol–water partition coefficient (Wildman–Crippen LogP) is 1.72. The van der Waals surface area contributed by atoms with Gasteiger partial charge in [-0.15, -0.1) is 6.42 Å². The maximum Gasteiger partial charge on any atom is 0.306 e. The Morgan fingerprint density at radius 2 is 2.11 bits per heavy atom. The fraction of sp³-hybridized carbons (Fsp3) is 0.350. The molecule has 0 bridgehead atoms. The zero-order valence-electron chi connectivity index (χ0n) is 15.7. The third kappa shape index (κ3) is 5.35. The van der Waals surface area contributed by atoms with E-state index in [1.807, 2.05) is 42.8 Å². The first-order valence-electron chi connectivity index (χ1n) is 8.51. The van der Waals surface area contributed by atoms with Gasteiger partial charge in [-0.25, -0.2) is 4.68 Å². The number of aromatic nitrogens is 2. The molecule has 7 nitrogen and oxygen atoms in total. The number of carbonyl (C=O) groups is 2. The van der Waals surface area contributed by atoms with Gasteiger partial charge in [-0.3, -0.25) is 9.59 Å². The Bertz CT molecular complexity index is 865. The van der Waals surface area contributed by atoms with Gasteiger partial charge < -0.3 is 14.8 Å². The van der Waals surface area contributed by atoms with Crippen LogP contribution in [0.25, 0.3) is 5.69 Å². The first-order chi connectivity index (χ1) is 13.0. The molecule has 2 rings (SSSR count). The second-order valence-corrected chi connectivity index (χ2v) is 5.90. The van der Waals surface area contributed by atoms with Crippen LogP contribution in [0.3, 0.4) is 0 Å². The van der Waals surface area contributed by atoms with E-state index >= 15 is 0 Å². The molecular formula is C20H23N3O4. The number of rotatable bonds is 8. The molecule has 0 saturated carbocycles. The Labute approximate surface area is 158 Å². The van der Waals surface area contributed by atoms with Crippen molar-refractivity contribution in [3.8, 4) is 23.8 Å². The summed E-state index contributed by atoms with van der Waals surface area (Å²) >= 11 is 0. The van der Waals surface area contributed by atoms with Crippen molar-refractivity contribution < 1.29 is 19.1 Å². The number of terminal acetylenes is 1. The molecule has 1 aromatic heterocycles. The number of carbonyl (C=O) groups excluding carboxylic acids is 2. The van der Waals surface area contributed by atoms with Crippen LogP contribution in [0.5, 0.6) is 5.75 Å². The molecule has 0 aliphatic carbocycles. The van der Waals surface area contributed by atoms with Gasteiger partial charge in [-0.1, -0.05) is 12.0 Å². The van der Waals surface area contributed by atoms with Crippen molar-refractivity contribution in [2.45, 2.75) is 26.7 Å². The van der Waals surface area contributed by atoms with Crippen molar-refractivity contribution in [2.24, 2.45) is 0 Å². The van der Waals surface area contributed by atoms with Crippen LogP contribution < -0.4 is 10.1 Å². The number of benzene rings is 1. The molecule has 0 radical (unpaired) electrons. The van der Waals surface area contributed by atoms with Crippen LogP contribution in [0.4, 0.5) is 0 Å². The van der Waals surface area contributed by atoms with Crippen molar-refractivity contribution in [1.82, 2.24) is 15.1 Å². The Morgan fingerprint density at radius 1 is 1.33 bits per heavy atom. The van der Waals surface area contributed by atoms with Crippen molar-refractivity contribution >= 4 is 11.9 Å². The van der Waals surface area contributed by atoms with Gasteiger partial charge in [0, 0.05) is 18.2 Å². The van der Waals surface area contributed by atoms with E-state index in [1.165, 1.54) is 0 Å². The first-order valence-corrected chi connectivity index (χ1v) is 8.51. The van der Waals surface area contributed by atoms with Crippen LogP contribution in [0, 0.1) is 26.2 Å². The van der Waals surface area contributed by atoms with Crippen molar-refractivity contribution in [3.63, 3.8) is 0 Å². The van der Waals surface area contributed by atoms with Gasteiger partial charge in [0.1, 0.15) is 5.75 Å². The maximum absolute atomic E-state index is 11.9. The van der Waals surface area contributed by atoms with E-state index in [0.29, 0.717) is 6.42 Å². The standard InChI is InChI=1S/C20H23N3O4/c1-5-11-21-19(24)13-27-20(25)10-9-18-14(2)22-23(15(18)3)16-7-6-8-17(12-16)26-4/h1,6-8,12H,9-11,13H2,2-4H3,(H,21,24). The Balaban J connectivity index is 1.99. The lowest BCUT2D eigenvalue weighted by Gasteiger charge is -2.08. The summed E-state index contributed by atoms with van der Waals surface area (Å²) in [6, 6.07) is 7.60. The topological polar surface area (TPSA) is 82.5 Å². The molecule has 1 aromatic carbocycles. The molecular weight excluding hydrogens is 346 g/mol. The second-order valence-electron chi connectivity index (χ2n) is 5.90. The fourth-order valence-electron chi connectivity index (χ4n) is 2.68. The number of aryl methyl sites for hydroxylation is 1. The van der Waals surface area contributed by atoms with Crippen LogP contribution in [0.15, 0.2) is 24.3 Å². The van der Waals surface area contributed by atoms with Gasteiger partial charge in [-0.05, 0) is 38.0 Å². The maximum atomic E-state index is 11.9. The Hall–Kier alpha value is -3.27. The van der Waals surface area contributed by atoms with E-state index in [9.17, 15) is 9.59 Å². The molecule has 1 N–H and O–H groups in total. The zero-order valence-corrected chi connectivity index (χ0v) is 15.7. The summed E-state index contributed by atoms with van der Waals surface area (Å²) in [7, 11) is 1.62. The van der Waals surface area contributed by atoms with Gasteiger partial charge in [0.15, 0.2) is 6.61 Å². The Morgan fingerprint density at radius 3 is 2.81 bits per heavy atom. The van der Waals surface area contributed by atoms with E-state index in [0.717, 1.165) is 28.4 Å². The lowest BCUT2D eigenvalue weighted by Crippen LogP contribution is -2.29. The van der Waals surface area contributed by atoms with E-state index < -0.39 is 11.9 Å². The Kier molecular flexibility index (Phi) is 7.00. The minimum absolute atomic E-state index is 0.109. The normalized spacial score (nSPS) is 10.1. The van der Waals surface area contributed by atoms with Gasteiger partial charge >= 0.3 is 5.97 Å². The smallest absolute Gasteiger partial charge is 0.306 e. The molecule has 7 heteroatoms. The average molecular weight is 369 g/mol. The summed E-state index contributed by atoms with van der Waals surface area (Å²) in [4.78, 5) is 23.3. The summed E-state index contributed by atoms with van der Waals surface area (Å²) in [6.07, 6.45) is 5.69. The highest BCUT2D eigenvalue weighted by Gasteiger charge is 2.15. The van der Waals surface area contributed by atoms with Gasteiger partial charge in [0.25, 0.3) is 5.91 Å². The number of hydrogen-bond donors (Lipinski definition) is 1. The van der Waals surface area contributed by atoms with E-state index in [2.05, 4.69) is 16.3 Å². The number of esters is 1. The van der Waals surface area contributed by atoms with Crippen LogP contribution >= 0.6 is 0 Å². The quantitative estimate of drug-likeness (QED) is 0.566. The second kappa shape index (κ2) is 9.43. The van der Waals surface area contributed by atoms with Crippen molar-refractivity contribution in [1.29, 1.82) is 0 Å². The summed E-state index contributed by atoms with van der Waals surface area (Å²) < 4.78 is 12.0. The molecule has 2 aromatic rings. The molecule has 142 valence electrons. The van der Waals surface area contributed by atoms with Crippen LogP contribution in [-0.2, 0) is 20.7 Å². The number of ether oxygens (including phenoxy) is 2. The average Bonchev–Trinajstić information content (AvgIpc) is 2.96. The van der Waals surface area contributed by atoms with Gasteiger partial charge in [-0.2, -0.15) is 5.10 Å². The molecule has 0 unspecified atom stereocenters. The van der Waals surface area contributed by atoms with Crippen molar-refractivity contribution in [3.05, 3.63) is 41.2 Å². The van der Waals surface area contributed by atoms with Crippen LogP contribution in [-0.4, -0.2) is 41.9 Å². The zero-order chi connectivity index (χ0) is 19.8. The third-order valence-electron chi connectivity index (χ3n) is 4.07. The molecule has 1 heterocycles. The molecule has 0 aliphatic rings. The van der Waals surface area contributed by atoms with Gasteiger partial charge in [0.05, 0.1) is 25.0 Å². The SMILES string of the molecule is C#CCNC(=O)COC(=O)CCc1c(C)nn(-c2cccc(OC)c2)c1C. The summed E-state index contributed by atoms with van der Waals surface area (Å²) in [5, 5.41) is 7.00. The molecule has 27 heavy (non-hydrogen) atoms. The minimum Gasteiger partial charge on any atom is -0.497 e. The number of nitrogens with zero attached hydrogens (tertiary/aromatic N) is 2. The number of methoxy groups -OCH3 is 1. The highest BCUT2D eigenvalue weighted by molar-refractivity contribution is 5.80. The summed E-state index contributed by atoms with van der Waals surface area (Å²) in [5.74, 6) is 2.16. The summed E-state index contributed by atoms with van der Waals surface area (Å²) in [5.41, 5.74) is 3.65. The number of amides is 1. The van der Waals surface area contributed by atoms with Gasteiger partial charge in [0.2, 0.25) is 0 Å². The lowest BCUT2D eigenvalue weighted by molar-refractivity contribution is -0.148. The lowest BCUT2D eigenvalue weighted by atomic mass is 10.1. The minimum atomic E-state index is -0.446. The number of hydrogen-bond acceptors (Lipinski definition) is 5. The molecule has 0 spiro atoms. The van der Waals surface area contributed by atoms with E-state index in [4.69, 9.17) is 15.9 Å². The molecule has 0 saturated heterocycles. The summed E-state index contributed by atoms with van der Waals surface area (Å²) in [6.45, 7) is 3.63. The molecule has 1 amide bonds. The monoisotopic (exact) mass is 369 g/mol. The molecule has 0 aliphatic heterocycles. The number of nitrogens with one attached hydrogen (secondary N) is 1. The third-order valence-corrected chi connectivity index (χ3v) is 4.07. The predicted molar refractivity (Wildman–Crippen MR) is 101 cm³/mol. The van der Waals surface area contributed by atoms with E-state index in [1.54, 1.807) is 7.11 Å². The fourth-order valence-corrected chi connectivity index (χ4v) is 2.68. The largest absolute Gasteiger partial charge is 0.497 e.